The van der Waals surface area contributed by atoms with Crippen molar-refractivity contribution in [3.8, 4) is 0 Å². The molecule has 0 aliphatic carbocycles. The van der Waals surface area contributed by atoms with Gasteiger partial charge in [-0.25, -0.2) is 0 Å². The second kappa shape index (κ2) is 6.95. The van der Waals surface area contributed by atoms with Crippen LogP contribution in [0.1, 0.15) is 17.4 Å². The van der Waals surface area contributed by atoms with Gasteiger partial charge in [0, 0.05) is 12.3 Å². The molecule has 88 valence electrons. The second-order valence-corrected chi connectivity index (χ2v) is 3.04. The van der Waals surface area contributed by atoms with Crippen molar-refractivity contribution in [2.24, 2.45) is 0 Å². The normalized spacial score (nSPS) is 10.6. The molecule has 0 unspecified atom stereocenters. The lowest BCUT2D eigenvalue weighted by atomic mass is 10.3. The molecule has 0 aliphatic rings. The third kappa shape index (κ3) is 4.74. The highest BCUT2D eigenvalue weighted by molar-refractivity contribution is 5.95. The molecular formula is C12H13N3O2. The summed E-state index contributed by atoms with van der Waals surface area (Å²) >= 11 is 0. The molecular weight excluding hydrogens is 218 g/mol. The molecule has 1 aromatic heterocycles. The van der Waals surface area contributed by atoms with Crippen molar-refractivity contribution in [1.82, 2.24) is 15.8 Å². The molecule has 1 heterocycles. The number of hydrogen-bond acceptors (Lipinski definition) is 3. The van der Waals surface area contributed by atoms with Crippen molar-refractivity contribution < 1.29 is 9.59 Å². The summed E-state index contributed by atoms with van der Waals surface area (Å²) in [6.07, 6.45) is 7.88. The smallest absolute Gasteiger partial charge is 0.268 e. The van der Waals surface area contributed by atoms with Crippen LogP contribution in [0.4, 0.5) is 0 Å². The van der Waals surface area contributed by atoms with Gasteiger partial charge in [-0.2, -0.15) is 0 Å². The van der Waals surface area contributed by atoms with Crippen molar-refractivity contribution in [2.75, 3.05) is 0 Å². The van der Waals surface area contributed by atoms with E-state index < -0.39 is 11.8 Å². The van der Waals surface area contributed by atoms with Gasteiger partial charge in [-0.1, -0.05) is 24.3 Å². The number of amides is 2. The number of allylic oxidation sites excluding steroid dienone is 3. The molecule has 17 heavy (non-hydrogen) atoms. The first kappa shape index (κ1) is 12.6. The molecule has 1 rings (SSSR count). The monoisotopic (exact) mass is 231 g/mol. The first-order valence-corrected chi connectivity index (χ1v) is 5.04. The highest BCUT2D eigenvalue weighted by Crippen LogP contribution is 1.91. The molecule has 0 saturated heterocycles. The summed E-state index contributed by atoms with van der Waals surface area (Å²) in [5.41, 5.74) is 4.73. The molecule has 0 atom stereocenters. The molecule has 2 N–H and O–H groups in total. The van der Waals surface area contributed by atoms with Gasteiger partial charge in [0.05, 0.1) is 0 Å². The topological polar surface area (TPSA) is 71.1 Å². The Morgan fingerprint density at radius 1 is 1.24 bits per heavy atom. The fraction of sp³-hybridized carbons (Fsp3) is 0.0833. The Kier molecular flexibility index (Phi) is 5.16. The van der Waals surface area contributed by atoms with E-state index >= 15 is 0 Å². The number of nitrogens with one attached hydrogen (secondary N) is 2. The molecule has 0 aliphatic heterocycles. The second-order valence-electron chi connectivity index (χ2n) is 3.04. The lowest BCUT2D eigenvalue weighted by molar-refractivity contribution is -0.117. The van der Waals surface area contributed by atoms with Crippen LogP contribution in [0.25, 0.3) is 0 Å². The van der Waals surface area contributed by atoms with Crippen LogP contribution < -0.4 is 10.9 Å². The molecule has 0 bridgehead atoms. The maximum Gasteiger partial charge on any atom is 0.288 e. The zero-order valence-corrected chi connectivity index (χ0v) is 9.38. The van der Waals surface area contributed by atoms with E-state index in [1.807, 2.05) is 6.92 Å². The van der Waals surface area contributed by atoms with Gasteiger partial charge in [-0.3, -0.25) is 25.4 Å². The summed E-state index contributed by atoms with van der Waals surface area (Å²) in [6.45, 7) is 1.84. The third-order valence-corrected chi connectivity index (χ3v) is 1.75. The summed E-state index contributed by atoms with van der Waals surface area (Å²) < 4.78 is 0. The Morgan fingerprint density at radius 3 is 2.71 bits per heavy atom. The first-order chi connectivity index (χ1) is 8.24. The Bertz CT molecular complexity index is 438. The van der Waals surface area contributed by atoms with Gasteiger partial charge in [-0.05, 0) is 19.1 Å². The van der Waals surface area contributed by atoms with Crippen LogP contribution in [0.15, 0.2) is 48.7 Å². The highest BCUT2D eigenvalue weighted by atomic mass is 16.2. The fourth-order valence-corrected chi connectivity index (χ4v) is 0.975. The van der Waals surface area contributed by atoms with Gasteiger partial charge in [0.2, 0.25) is 0 Å². The quantitative estimate of drug-likeness (QED) is 0.462. The minimum atomic E-state index is -0.460. The lowest BCUT2D eigenvalue weighted by Crippen LogP contribution is -2.41. The van der Waals surface area contributed by atoms with Gasteiger partial charge in [-0.15, -0.1) is 0 Å². The zero-order chi connectivity index (χ0) is 12.5. The standard InChI is InChI=1S/C12H13N3O2/c1-2-3-4-8-11(16)14-15-12(17)10-7-5-6-9-13-10/h2-9H,1H3,(H,14,16)(H,15,17)/b3-2+,8-4+. The molecule has 5 heteroatoms. The van der Waals surface area contributed by atoms with Gasteiger partial charge in [0.25, 0.3) is 11.8 Å². The minimum absolute atomic E-state index is 0.241. The van der Waals surface area contributed by atoms with Crippen molar-refractivity contribution in [3.63, 3.8) is 0 Å². The molecule has 1 aromatic rings. The van der Waals surface area contributed by atoms with E-state index in [1.54, 1.807) is 36.4 Å². The van der Waals surface area contributed by atoms with Crippen LogP contribution in [-0.2, 0) is 4.79 Å². The Balaban J connectivity index is 2.41. The lowest BCUT2D eigenvalue weighted by Gasteiger charge is -2.03. The SMILES string of the molecule is C/C=C/C=C/C(=O)NNC(=O)c1ccccn1. The fourth-order valence-electron chi connectivity index (χ4n) is 0.975. The summed E-state index contributed by atoms with van der Waals surface area (Å²) in [6, 6.07) is 4.95. The molecule has 0 aromatic carbocycles. The Hall–Kier alpha value is -2.43. The van der Waals surface area contributed by atoms with E-state index in [2.05, 4.69) is 15.8 Å². The van der Waals surface area contributed by atoms with Crippen LogP contribution in [0, 0.1) is 0 Å². The van der Waals surface area contributed by atoms with Crippen molar-refractivity contribution in [1.29, 1.82) is 0 Å². The third-order valence-electron chi connectivity index (χ3n) is 1.75. The van der Waals surface area contributed by atoms with Crippen LogP contribution in [0.5, 0.6) is 0 Å². The molecule has 5 nitrogen and oxygen atoms in total. The predicted molar refractivity (Wildman–Crippen MR) is 63.8 cm³/mol. The maximum atomic E-state index is 11.5. The van der Waals surface area contributed by atoms with Crippen LogP contribution in [0.2, 0.25) is 0 Å². The number of rotatable bonds is 3. The molecule has 0 spiro atoms. The van der Waals surface area contributed by atoms with E-state index in [1.165, 1.54) is 12.3 Å². The molecule has 0 fully saturated rings. The number of hydrazine groups is 1. The van der Waals surface area contributed by atoms with E-state index in [9.17, 15) is 9.59 Å². The van der Waals surface area contributed by atoms with Crippen LogP contribution >= 0.6 is 0 Å². The number of carbonyl (C=O) groups excluding carboxylic acids is 2. The Labute approximate surface area is 99.2 Å². The predicted octanol–water partition coefficient (Wildman–Crippen LogP) is 0.975. The number of hydrogen-bond donors (Lipinski definition) is 2. The summed E-state index contributed by atoms with van der Waals surface area (Å²) in [4.78, 5) is 26.5. The number of carbonyl (C=O) groups is 2. The maximum absolute atomic E-state index is 11.5. The van der Waals surface area contributed by atoms with Gasteiger partial charge in [0.1, 0.15) is 5.69 Å². The Morgan fingerprint density at radius 2 is 2.06 bits per heavy atom. The van der Waals surface area contributed by atoms with Crippen molar-refractivity contribution in [2.45, 2.75) is 6.92 Å². The summed E-state index contributed by atoms with van der Waals surface area (Å²) in [5, 5.41) is 0. The van der Waals surface area contributed by atoms with Crippen LogP contribution in [0.3, 0.4) is 0 Å². The minimum Gasteiger partial charge on any atom is -0.268 e. The van der Waals surface area contributed by atoms with Gasteiger partial charge in [0.15, 0.2) is 0 Å². The molecule has 2 amide bonds. The highest BCUT2D eigenvalue weighted by Gasteiger charge is 2.05. The summed E-state index contributed by atoms with van der Waals surface area (Å²) in [7, 11) is 0. The average Bonchev–Trinajstić information content (AvgIpc) is 2.37. The first-order valence-electron chi connectivity index (χ1n) is 5.04. The van der Waals surface area contributed by atoms with Crippen molar-refractivity contribution >= 4 is 11.8 Å². The number of nitrogens with zero attached hydrogens (tertiary/aromatic N) is 1. The molecule has 0 saturated carbocycles. The number of aromatic nitrogens is 1. The van der Waals surface area contributed by atoms with Crippen LogP contribution in [-0.4, -0.2) is 16.8 Å². The summed E-state index contributed by atoms with van der Waals surface area (Å²) in [5.74, 6) is -0.870. The van der Waals surface area contributed by atoms with Crippen molar-refractivity contribution in [3.05, 3.63) is 54.4 Å². The van der Waals surface area contributed by atoms with Gasteiger partial charge >= 0.3 is 0 Å². The largest absolute Gasteiger partial charge is 0.288 e. The van der Waals surface area contributed by atoms with E-state index in [0.29, 0.717) is 0 Å². The van der Waals surface area contributed by atoms with E-state index in [4.69, 9.17) is 0 Å². The van der Waals surface area contributed by atoms with E-state index in [0.717, 1.165) is 0 Å². The number of pyridine rings is 1. The molecule has 0 radical (unpaired) electrons. The zero-order valence-electron chi connectivity index (χ0n) is 9.38. The average molecular weight is 231 g/mol. The van der Waals surface area contributed by atoms with E-state index in [-0.39, 0.29) is 5.69 Å². The van der Waals surface area contributed by atoms with Gasteiger partial charge < -0.3 is 0 Å².